The van der Waals surface area contributed by atoms with Crippen LogP contribution in [0, 0.1) is 0 Å². The zero-order valence-corrected chi connectivity index (χ0v) is 17.5. The largest absolute Gasteiger partial charge is 0.493 e. The van der Waals surface area contributed by atoms with Crippen molar-refractivity contribution in [3.8, 4) is 11.5 Å². The lowest BCUT2D eigenvalue weighted by Crippen LogP contribution is -2.23. The van der Waals surface area contributed by atoms with Gasteiger partial charge < -0.3 is 9.47 Å². The van der Waals surface area contributed by atoms with E-state index in [1.807, 2.05) is 43.3 Å². The van der Waals surface area contributed by atoms with Gasteiger partial charge in [0.15, 0.2) is 16.7 Å². The van der Waals surface area contributed by atoms with Gasteiger partial charge in [-0.3, -0.25) is 9.69 Å². The number of thioether (sulfide) groups is 1. The number of methoxy groups -OCH3 is 1. The second-order valence-electron chi connectivity index (χ2n) is 6.11. The highest BCUT2D eigenvalue weighted by Crippen LogP contribution is 2.35. The quantitative estimate of drug-likeness (QED) is 0.594. The summed E-state index contributed by atoms with van der Waals surface area (Å²) in [5.41, 5.74) is 1.56. The van der Waals surface area contributed by atoms with E-state index in [-0.39, 0.29) is 5.91 Å². The molecule has 3 rings (SSSR count). The third-order valence-corrected chi connectivity index (χ3v) is 5.28. The number of carbonyl (C=O) groups is 1. The van der Waals surface area contributed by atoms with Crippen LogP contribution >= 0.6 is 23.4 Å². The summed E-state index contributed by atoms with van der Waals surface area (Å²) in [4.78, 5) is 19.3. The Morgan fingerprint density at radius 1 is 1.21 bits per heavy atom. The number of halogens is 1. The molecular weight excluding hydrogens is 396 g/mol. The van der Waals surface area contributed by atoms with E-state index in [2.05, 4.69) is 4.99 Å². The van der Waals surface area contributed by atoms with Crippen LogP contribution < -0.4 is 9.47 Å². The van der Waals surface area contributed by atoms with Gasteiger partial charge >= 0.3 is 0 Å². The number of carbonyl (C=O) groups excluding carboxylic acids is 1. The van der Waals surface area contributed by atoms with Gasteiger partial charge in [-0.05, 0) is 60.2 Å². The second-order valence-corrected chi connectivity index (χ2v) is 7.55. The van der Waals surface area contributed by atoms with Gasteiger partial charge in [-0.15, -0.1) is 0 Å². The Bertz CT molecular complexity index is 943. The van der Waals surface area contributed by atoms with Gasteiger partial charge in [-0.2, -0.15) is 0 Å². The van der Waals surface area contributed by atoms with Crippen molar-refractivity contribution < 1.29 is 14.3 Å². The Labute approximate surface area is 174 Å². The predicted octanol–water partition coefficient (Wildman–Crippen LogP) is 5.37. The third-order valence-electron chi connectivity index (χ3n) is 3.98. The average Bonchev–Trinajstić information content (AvgIpc) is 2.94. The van der Waals surface area contributed by atoms with Crippen molar-refractivity contribution in [2.24, 2.45) is 4.99 Å². The van der Waals surface area contributed by atoms with Gasteiger partial charge in [0.25, 0.3) is 5.91 Å². The summed E-state index contributed by atoms with van der Waals surface area (Å²) >= 11 is 7.34. The molecule has 2 aromatic carbocycles. The molecule has 0 unspecified atom stereocenters. The highest BCUT2D eigenvalue weighted by molar-refractivity contribution is 8.18. The minimum absolute atomic E-state index is 0.101. The highest BCUT2D eigenvalue weighted by atomic mass is 35.5. The smallest absolute Gasteiger partial charge is 0.266 e. The molecule has 1 amide bonds. The average molecular weight is 417 g/mol. The van der Waals surface area contributed by atoms with Crippen LogP contribution in [0.1, 0.15) is 18.9 Å². The first kappa shape index (κ1) is 20.3. The van der Waals surface area contributed by atoms with E-state index in [1.165, 1.54) is 16.7 Å². The van der Waals surface area contributed by atoms with Crippen molar-refractivity contribution in [2.45, 2.75) is 13.3 Å². The molecule has 0 saturated carbocycles. The van der Waals surface area contributed by atoms with Crippen molar-refractivity contribution in [1.82, 2.24) is 4.90 Å². The number of hydrogen-bond donors (Lipinski definition) is 0. The fraction of sp³-hybridized carbons (Fsp3) is 0.238. The standard InChI is InChI=1S/C21H21ClN2O3S/c1-4-10-27-17-9-8-14(11-18(17)26-3)12-19-20(25)24(2)21(28-19)23-16-7-5-6-15(22)13-16/h5-9,11-13H,4,10H2,1-3H3/b19-12+,23-21?. The molecule has 0 aliphatic carbocycles. The van der Waals surface area contributed by atoms with Crippen molar-refractivity contribution in [1.29, 1.82) is 0 Å². The maximum atomic E-state index is 12.6. The minimum Gasteiger partial charge on any atom is -0.493 e. The Hall–Kier alpha value is -2.44. The molecule has 1 fully saturated rings. The van der Waals surface area contributed by atoms with Crippen LogP contribution in [-0.2, 0) is 4.79 Å². The van der Waals surface area contributed by atoms with E-state index in [1.54, 1.807) is 26.3 Å². The molecule has 146 valence electrons. The van der Waals surface area contributed by atoms with E-state index in [9.17, 15) is 4.79 Å². The van der Waals surface area contributed by atoms with Gasteiger partial charge in [0.1, 0.15) is 0 Å². The Morgan fingerprint density at radius 2 is 2.04 bits per heavy atom. The zero-order valence-electron chi connectivity index (χ0n) is 15.9. The maximum Gasteiger partial charge on any atom is 0.266 e. The monoisotopic (exact) mass is 416 g/mol. The zero-order chi connectivity index (χ0) is 20.1. The molecule has 0 atom stereocenters. The van der Waals surface area contributed by atoms with Gasteiger partial charge in [-0.1, -0.05) is 30.7 Å². The number of amidine groups is 1. The van der Waals surface area contributed by atoms with Gasteiger partial charge in [0, 0.05) is 12.1 Å². The summed E-state index contributed by atoms with van der Waals surface area (Å²) in [5.74, 6) is 1.23. The Balaban J connectivity index is 1.85. The summed E-state index contributed by atoms with van der Waals surface area (Å²) in [5, 5.41) is 1.21. The van der Waals surface area contributed by atoms with E-state index < -0.39 is 0 Å². The fourth-order valence-electron chi connectivity index (χ4n) is 2.56. The van der Waals surface area contributed by atoms with E-state index in [4.69, 9.17) is 21.1 Å². The van der Waals surface area contributed by atoms with E-state index >= 15 is 0 Å². The number of rotatable bonds is 6. The Morgan fingerprint density at radius 3 is 2.75 bits per heavy atom. The summed E-state index contributed by atoms with van der Waals surface area (Å²) in [6.45, 7) is 2.67. The molecule has 1 aliphatic heterocycles. The van der Waals surface area contributed by atoms with Crippen molar-refractivity contribution in [3.63, 3.8) is 0 Å². The van der Waals surface area contributed by atoms with Crippen LogP contribution in [0.2, 0.25) is 5.02 Å². The lowest BCUT2D eigenvalue weighted by molar-refractivity contribution is -0.121. The molecule has 0 aromatic heterocycles. The molecule has 0 radical (unpaired) electrons. The second kappa shape index (κ2) is 9.17. The van der Waals surface area contributed by atoms with E-state index in [0.717, 1.165) is 12.0 Å². The number of hydrogen-bond acceptors (Lipinski definition) is 5. The number of benzene rings is 2. The molecule has 1 saturated heterocycles. The van der Waals surface area contributed by atoms with Crippen LogP contribution in [0.4, 0.5) is 5.69 Å². The number of amides is 1. The summed E-state index contributed by atoms with van der Waals surface area (Å²) in [6.07, 6.45) is 2.75. The van der Waals surface area contributed by atoms with Crippen LogP contribution in [0.25, 0.3) is 6.08 Å². The number of likely N-dealkylation sites (N-methyl/N-ethyl adjacent to an activating group) is 1. The van der Waals surface area contributed by atoms with Crippen molar-refractivity contribution in [2.75, 3.05) is 20.8 Å². The first-order chi connectivity index (χ1) is 13.5. The van der Waals surface area contributed by atoms with E-state index in [0.29, 0.717) is 38.9 Å². The molecule has 0 bridgehead atoms. The lowest BCUT2D eigenvalue weighted by Gasteiger charge is -2.10. The van der Waals surface area contributed by atoms with Crippen LogP contribution in [0.5, 0.6) is 11.5 Å². The Kier molecular flexibility index (Phi) is 6.65. The summed E-state index contributed by atoms with van der Waals surface area (Å²) in [7, 11) is 3.31. The molecule has 28 heavy (non-hydrogen) atoms. The topological polar surface area (TPSA) is 51.1 Å². The first-order valence-electron chi connectivity index (χ1n) is 8.84. The van der Waals surface area contributed by atoms with Crippen LogP contribution in [0.15, 0.2) is 52.4 Å². The molecule has 1 aliphatic rings. The highest BCUT2D eigenvalue weighted by Gasteiger charge is 2.30. The SMILES string of the molecule is CCCOc1ccc(/C=C2/SC(=Nc3cccc(Cl)c3)N(C)C2=O)cc1OC. The number of nitrogens with zero attached hydrogens (tertiary/aromatic N) is 2. The normalized spacial score (nSPS) is 16.9. The minimum atomic E-state index is -0.101. The van der Waals surface area contributed by atoms with Crippen molar-refractivity contribution >= 4 is 46.2 Å². The fourth-order valence-corrected chi connectivity index (χ4v) is 3.74. The predicted molar refractivity (Wildman–Crippen MR) is 116 cm³/mol. The molecule has 0 spiro atoms. The maximum absolute atomic E-state index is 12.6. The number of ether oxygens (including phenoxy) is 2. The third kappa shape index (κ3) is 4.69. The van der Waals surface area contributed by atoms with Crippen LogP contribution in [-0.4, -0.2) is 36.7 Å². The molecular formula is C21H21ClN2O3S. The van der Waals surface area contributed by atoms with Crippen LogP contribution in [0.3, 0.4) is 0 Å². The summed E-state index contributed by atoms with van der Waals surface area (Å²) in [6, 6.07) is 12.8. The number of aliphatic imine (C=N–C) groups is 1. The lowest BCUT2D eigenvalue weighted by atomic mass is 10.2. The summed E-state index contributed by atoms with van der Waals surface area (Å²) < 4.78 is 11.1. The molecule has 5 nitrogen and oxygen atoms in total. The van der Waals surface area contributed by atoms with Gasteiger partial charge in [0.05, 0.1) is 24.3 Å². The molecule has 0 N–H and O–H groups in total. The first-order valence-corrected chi connectivity index (χ1v) is 10.0. The van der Waals surface area contributed by atoms with Crippen molar-refractivity contribution in [3.05, 3.63) is 58.0 Å². The van der Waals surface area contributed by atoms with Gasteiger partial charge in [-0.25, -0.2) is 4.99 Å². The molecule has 1 heterocycles. The molecule has 2 aromatic rings. The molecule has 7 heteroatoms. The van der Waals surface area contributed by atoms with Gasteiger partial charge in [0.2, 0.25) is 0 Å².